The Morgan fingerprint density at radius 2 is 1.97 bits per heavy atom. The molecular formula is C22H22N4O4. The van der Waals surface area contributed by atoms with E-state index in [1.807, 2.05) is 35.9 Å². The number of rotatable bonds is 7. The summed E-state index contributed by atoms with van der Waals surface area (Å²) in [6.45, 7) is 2.00. The summed E-state index contributed by atoms with van der Waals surface area (Å²) in [7, 11) is 0. The number of para-hydroxylation sites is 1. The van der Waals surface area contributed by atoms with E-state index in [0.29, 0.717) is 17.0 Å². The van der Waals surface area contributed by atoms with Crippen LogP contribution in [-0.4, -0.2) is 32.3 Å². The van der Waals surface area contributed by atoms with Gasteiger partial charge >= 0.3 is 0 Å². The molecule has 1 aliphatic carbocycles. The predicted octanol–water partition coefficient (Wildman–Crippen LogP) is 3.43. The molecular weight excluding hydrogens is 384 g/mol. The highest BCUT2D eigenvalue weighted by Crippen LogP contribution is 2.42. The Morgan fingerprint density at radius 1 is 1.27 bits per heavy atom. The fourth-order valence-corrected chi connectivity index (χ4v) is 3.50. The largest absolute Gasteiger partial charge is 0.387 e. The number of amides is 1. The second-order valence-electron chi connectivity index (χ2n) is 7.49. The topological polar surface area (TPSA) is 110 Å². The number of carbonyl (C=O) groups excluding carboxylic acids is 1. The van der Waals surface area contributed by atoms with E-state index in [1.54, 1.807) is 6.20 Å². The fraction of sp³-hybridized carbons (Fsp3) is 0.273. The third-order valence-corrected chi connectivity index (χ3v) is 5.30. The second kappa shape index (κ2) is 8.08. The van der Waals surface area contributed by atoms with Gasteiger partial charge in [0.05, 0.1) is 34.2 Å². The molecule has 1 aliphatic rings. The molecule has 1 aromatic heterocycles. The van der Waals surface area contributed by atoms with Crippen molar-refractivity contribution >= 4 is 11.6 Å². The third kappa shape index (κ3) is 3.95. The van der Waals surface area contributed by atoms with E-state index in [4.69, 9.17) is 0 Å². The van der Waals surface area contributed by atoms with E-state index in [9.17, 15) is 20.0 Å². The van der Waals surface area contributed by atoms with Gasteiger partial charge in [0.1, 0.15) is 0 Å². The monoisotopic (exact) mass is 406 g/mol. The summed E-state index contributed by atoms with van der Waals surface area (Å²) < 4.78 is 1.84. The quantitative estimate of drug-likeness (QED) is 0.461. The molecule has 0 bridgehead atoms. The van der Waals surface area contributed by atoms with Gasteiger partial charge in [-0.05, 0) is 49.1 Å². The molecule has 1 heterocycles. The lowest BCUT2D eigenvalue weighted by Gasteiger charge is -2.13. The van der Waals surface area contributed by atoms with Gasteiger partial charge < -0.3 is 10.4 Å². The second-order valence-corrected chi connectivity index (χ2v) is 7.49. The molecule has 4 rings (SSSR count). The van der Waals surface area contributed by atoms with Crippen LogP contribution in [0.15, 0.2) is 54.7 Å². The number of aromatic nitrogens is 2. The zero-order chi connectivity index (χ0) is 21.3. The van der Waals surface area contributed by atoms with Crippen LogP contribution >= 0.6 is 0 Å². The molecule has 0 saturated heterocycles. The molecule has 2 aromatic carbocycles. The highest BCUT2D eigenvalue weighted by Gasteiger charge is 2.33. The number of non-ortho nitro benzene ring substituents is 1. The summed E-state index contributed by atoms with van der Waals surface area (Å²) in [4.78, 5) is 23.1. The molecule has 30 heavy (non-hydrogen) atoms. The Labute approximate surface area is 173 Å². The third-order valence-electron chi connectivity index (χ3n) is 5.30. The maximum atomic E-state index is 12.8. The van der Waals surface area contributed by atoms with Gasteiger partial charge in [0, 0.05) is 24.6 Å². The van der Waals surface area contributed by atoms with Crippen LogP contribution in [0, 0.1) is 17.0 Å². The number of nitro benzene ring substituents is 1. The highest BCUT2D eigenvalue weighted by molar-refractivity contribution is 5.95. The molecule has 0 unspecified atom stereocenters. The molecule has 2 N–H and O–H groups in total. The molecule has 1 fully saturated rings. The van der Waals surface area contributed by atoms with Crippen LogP contribution in [0.5, 0.6) is 0 Å². The van der Waals surface area contributed by atoms with E-state index in [1.165, 1.54) is 24.3 Å². The van der Waals surface area contributed by atoms with Crippen LogP contribution in [-0.2, 0) is 0 Å². The zero-order valence-corrected chi connectivity index (χ0v) is 16.5. The molecule has 0 spiro atoms. The molecule has 8 heteroatoms. The van der Waals surface area contributed by atoms with Crippen molar-refractivity contribution in [2.24, 2.45) is 0 Å². The molecule has 0 aliphatic heterocycles. The molecule has 8 nitrogen and oxygen atoms in total. The number of hydrogen-bond donors (Lipinski definition) is 2. The summed E-state index contributed by atoms with van der Waals surface area (Å²) in [6.07, 6.45) is 2.64. The maximum absolute atomic E-state index is 12.8. The van der Waals surface area contributed by atoms with Gasteiger partial charge in [-0.1, -0.05) is 18.2 Å². The Kier molecular flexibility index (Phi) is 5.33. The maximum Gasteiger partial charge on any atom is 0.269 e. The van der Waals surface area contributed by atoms with Gasteiger partial charge in [0.15, 0.2) is 0 Å². The molecule has 3 aromatic rings. The van der Waals surface area contributed by atoms with E-state index in [0.717, 1.165) is 29.8 Å². The van der Waals surface area contributed by atoms with Gasteiger partial charge in [0.2, 0.25) is 0 Å². The van der Waals surface area contributed by atoms with Crippen LogP contribution in [0.4, 0.5) is 5.69 Å². The minimum absolute atomic E-state index is 0.00367. The first-order valence-corrected chi connectivity index (χ1v) is 9.80. The number of nitrogens with zero attached hydrogens (tertiary/aromatic N) is 3. The first-order valence-electron chi connectivity index (χ1n) is 9.80. The van der Waals surface area contributed by atoms with Crippen molar-refractivity contribution in [2.45, 2.75) is 31.8 Å². The van der Waals surface area contributed by atoms with Crippen molar-refractivity contribution in [1.29, 1.82) is 0 Å². The van der Waals surface area contributed by atoms with Gasteiger partial charge in [0.25, 0.3) is 11.6 Å². The molecule has 1 amide bonds. The fourth-order valence-electron chi connectivity index (χ4n) is 3.50. The molecule has 1 atom stereocenters. The number of nitro groups is 1. The van der Waals surface area contributed by atoms with Gasteiger partial charge in [-0.2, -0.15) is 5.10 Å². The summed E-state index contributed by atoms with van der Waals surface area (Å²) in [5.74, 6) is 0.00477. The van der Waals surface area contributed by atoms with Gasteiger partial charge in [-0.25, -0.2) is 4.68 Å². The predicted molar refractivity (Wildman–Crippen MR) is 111 cm³/mol. The normalized spacial score (nSPS) is 14.3. The van der Waals surface area contributed by atoms with Gasteiger partial charge in [-0.3, -0.25) is 14.9 Å². The lowest BCUT2D eigenvalue weighted by atomic mass is 10.1. The number of carbonyl (C=O) groups is 1. The minimum Gasteiger partial charge on any atom is -0.387 e. The number of hydrogen-bond acceptors (Lipinski definition) is 5. The van der Waals surface area contributed by atoms with E-state index < -0.39 is 11.0 Å². The van der Waals surface area contributed by atoms with E-state index in [2.05, 4.69) is 10.4 Å². The van der Waals surface area contributed by atoms with Crippen molar-refractivity contribution in [3.8, 4) is 5.69 Å². The Morgan fingerprint density at radius 3 is 2.60 bits per heavy atom. The first-order chi connectivity index (χ1) is 14.5. The van der Waals surface area contributed by atoms with Crippen LogP contribution in [0.2, 0.25) is 0 Å². The zero-order valence-electron chi connectivity index (χ0n) is 16.5. The smallest absolute Gasteiger partial charge is 0.269 e. The lowest BCUT2D eigenvalue weighted by molar-refractivity contribution is -0.384. The number of aliphatic hydroxyl groups excluding tert-OH is 1. The molecule has 1 saturated carbocycles. The summed E-state index contributed by atoms with van der Waals surface area (Å²) >= 11 is 0. The molecule has 0 radical (unpaired) electrons. The molecule has 154 valence electrons. The van der Waals surface area contributed by atoms with Crippen LogP contribution in [0.1, 0.15) is 52.0 Å². The average molecular weight is 406 g/mol. The average Bonchev–Trinajstić information content (AvgIpc) is 3.50. The Balaban J connectivity index is 1.50. The minimum atomic E-state index is -0.967. The standard InChI is InChI=1S/C22H22N4O4/c1-14-4-2-3-5-19(14)25-21(16-6-7-16)18(12-24-25)22(28)23-13-20(27)15-8-10-17(11-9-15)26(29)30/h2-5,8-12,16,20,27H,6-7,13H2,1H3,(H,23,28)/t20-/m0/s1. The first kappa shape index (κ1) is 19.8. The van der Waals surface area contributed by atoms with Crippen molar-refractivity contribution < 1.29 is 14.8 Å². The number of aliphatic hydroxyl groups is 1. The Bertz CT molecular complexity index is 1090. The van der Waals surface area contributed by atoms with Gasteiger partial charge in [-0.15, -0.1) is 0 Å². The summed E-state index contributed by atoms with van der Waals surface area (Å²) in [5.41, 5.74) is 3.88. The highest BCUT2D eigenvalue weighted by atomic mass is 16.6. The van der Waals surface area contributed by atoms with Crippen molar-refractivity contribution in [2.75, 3.05) is 6.54 Å². The summed E-state index contributed by atoms with van der Waals surface area (Å²) in [5, 5.41) is 28.3. The van der Waals surface area contributed by atoms with E-state index in [-0.39, 0.29) is 18.1 Å². The van der Waals surface area contributed by atoms with Crippen molar-refractivity contribution in [1.82, 2.24) is 15.1 Å². The SMILES string of the molecule is Cc1ccccc1-n1ncc(C(=O)NC[C@H](O)c2ccc([N+](=O)[O-])cc2)c1C1CC1. The Hall–Kier alpha value is -3.52. The summed E-state index contributed by atoms with van der Waals surface area (Å²) in [6, 6.07) is 13.5. The number of benzene rings is 2. The lowest BCUT2D eigenvalue weighted by Crippen LogP contribution is -2.29. The van der Waals surface area contributed by atoms with Crippen LogP contribution < -0.4 is 5.32 Å². The number of nitrogens with one attached hydrogen (secondary N) is 1. The van der Waals surface area contributed by atoms with Crippen LogP contribution in [0.3, 0.4) is 0 Å². The van der Waals surface area contributed by atoms with Crippen molar-refractivity contribution in [3.05, 3.63) is 87.2 Å². The number of aryl methyl sites for hydroxylation is 1. The van der Waals surface area contributed by atoms with Crippen molar-refractivity contribution in [3.63, 3.8) is 0 Å². The van der Waals surface area contributed by atoms with E-state index >= 15 is 0 Å². The van der Waals surface area contributed by atoms with Crippen LogP contribution in [0.25, 0.3) is 5.69 Å².